The lowest BCUT2D eigenvalue weighted by Crippen LogP contribution is -2.02. The Bertz CT molecular complexity index is 721. The smallest absolute Gasteiger partial charge is 0.198 e. The van der Waals surface area contributed by atoms with Crippen LogP contribution < -0.4 is 0 Å². The zero-order valence-electron chi connectivity index (χ0n) is 10.4. The number of hydrogen-bond donors (Lipinski definition) is 1. The molecule has 3 aromatic rings. The van der Waals surface area contributed by atoms with Crippen molar-refractivity contribution in [2.75, 3.05) is 0 Å². The third kappa shape index (κ3) is 2.66. The maximum atomic E-state index is 10.2. The molecule has 1 aromatic heterocycles. The van der Waals surface area contributed by atoms with Gasteiger partial charge in [0, 0.05) is 10.0 Å². The molecule has 0 fully saturated rings. The number of halogens is 2. The molecular formula is C15H11Cl2NO2. The highest BCUT2D eigenvalue weighted by Gasteiger charge is 2.16. The zero-order valence-corrected chi connectivity index (χ0v) is 11.9. The van der Waals surface area contributed by atoms with Crippen molar-refractivity contribution < 1.29 is 9.52 Å². The Balaban J connectivity index is 1.86. The average Bonchev–Trinajstić information content (AvgIpc) is 2.80. The van der Waals surface area contributed by atoms with Crippen LogP contribution in [0.5, 0.6) is 0 Å². The largest absolute Gasteiger partial charge is 0.441 e. The summed E-state index contributed by atoms with van der Waals surface area (Å²) in [5.74, 6) is 0.477. The van der Waals surface area contributed by atoms with E-state index >= 15 is 0 Å². The van der Waals surface area contributed by atoms with Crippen molar-refractivity contribution >= 4 is 34.3 Å². The molecule has 3 nitrogen and oxygen atoms in total. The van der Waals surface area contributed by atoms with E-state index in [0.29, 0.717) is 27.1 Å². The average molecular weight is 308 g/mol. The fraction of sp³-hybridized carbons (Fsp3) is 0.133. The summed E-state index contributed by atoms with van der Waals surface area (Å²) in [6.07, 6.45) is -0.524. The summed E-state index contributed by atoms with van der Waals surface area (Å²) < 4.78 is 5.58. The number of aliphatic hydroxyl groups excluding tert-OH is 1. The molecular weight excluding hydrogens is 297 g/mol. The number of hydrogen-bond acceptors (Lipinski definition) is 3. The first-order valence-electron chi connectivity index (χ1n) is 6.11. The number of benzene rings is 2. The first-order valence-corrected chi connectivity index (χ1v) is 6.86. The highest BCUT2D eigenvalue weighted by atomic mass is 35.5. The minimum absolute atomic E-state index is 0.260. The summed E-state index contributed by atoms with van der Waals surface area (Å²) in [5, 5.41) is 11.2. The fourth-order valence-electron chi connectivity index (χ4n) is 2.05. The minimum atomic E-state index is -0.784. The van der Waals surface area contributed by atoms with Crippen molar-refractivity contribution in [3.8, 4) is 0 Å². The molecule has 0 spiro atoms. The SMILES string of the molecule is OC(Cc1nc2ccccc2o1)c1ccc(Cl)cc1Cl. The van der Waals surface area contributed by atoms with E-state index in [2.05, 4.69) is 4.98 Å². The Morgan fingerprint density at radius 2 is 1.95 bits per heavy atom. The molecule has 3 rings (SSSR count). The number of oxazole rings is 1. The molecule has 0 aliphatic heterocycles. The van der Waals surface area contributed by atoms with Crippen molar-refractivity contribution in [2.24, 2.45) is 0 Å². The molecule has 20 heavy (non-hydrogen) atoms. The lowest BCUT2D eigenvalue weighted by molar-refractivity contribution is 0.169. The number of aliphatic hydroxyl groups is 1. The monoisotopic (exact) mass is 307 g/mol. The standard InChI is InChI=1S/C15H11Cl2NO2/c16-9-5-6-10(11(17)7-9)13(19)8-15-18-12-3-1-2-4-14(12)20-15/h1-7,13,19H,8H2. The van der Waals surface area contributed by atoms with Gasteiger partial charge in [0.2, 0.25) is 0 Å². The molecule has 1 heterocycles. The van der Waals surface area contributed by atoms with Crippen LogP contribution in [-0.2, 0) is 6.42 Å². The molecule has 0 amide bonds. The first-order chi connectivity index (χ1) is 9.63. The zero-order chi connectivity index (χ0) is 14.1. The Morgan fingerprint density at radius 1 is 1.15 bits per heavy atom. The number of para-hydroxylation sites is 2. The van der Waals surface area contributed by atoms with Crippen molar-refractivity contribution in [2.45, 2.75) is 12.5 Å². The second-order valence-electron chi connectivity index (χ2n) is 4.46. The Labute approximate surface area is 125 Å². The summed E-state index contributed by atoms with van der Waals surface area (Å²) >= 11 is 11.9. The predicted octanol–water partition coefficient (Wildman–Crippen LogP) is 4.41. The van der Waals surface area contributed by atoms with E-state index in [4.69, 9.17) is 27.6 Å². The van der Waals surface area contributed by atoms with E-state index in [0.717, 1.165) is 5.52 Å². The molecule has 102 valence electrons. The van der Waals surface area contributed by atoms with Gasteiger partial charge in [0.1, 0.15) is 5.52 Å². The molecule has 0 radical (unpaired) electrons. The van der Waals surface area contributed by atoms with Gasteiger partial charge in [-0.15, -0.1) is 0 Å². The van der Waals surface area contributed by atoms with Crippen LogP contribution in [0.4, 0.5) is 0 Å². The van der Waals surface area contributed by atoms with Gasteiger partial charge in [-0.3, -0.25) is 0 Å². The third-order valence-corrected chi connectivity index (χ3v) is 3.59. The molecule has 0 aliphatic carbocycles. The number of nitrogens with zero attached hydrogens (tertiary/aromatic N) is 1. The fourth-order valence-corrected chi connectivity index (χ4v) is 2.59. The van der Waals surface area contributed by atoms with Crippen LogP contribution in [0.2, 0.25) is 10.0 Å². The van der Waals surface area contributed by atoms with Gasteiger partial charge < -0.3 is 9.52 Å². The van der Waals surface area contributed by atoms with Crippen LogP contribution in [0.15, 0.2) is 46.9 Å². The maximum absolute atomic E-state index is 10.2. The molecule has 1 N–H and O–H groups in total. The Kier molecular flexibility index (Phi) is 3.66. The van der Waals surface area contributed by atoms with Gasteiger partial charge in [-0.2, -0.15) is 0 Å². The van der Waals surface area contributed by atoms with Crippen molar-refractivity contribution in [1.82, 2.24) is 4.98 Å². The lowest BCUT2D eigenvalue weighted by Gasteiger charge is -2.10. The normalized spacial score (nSPS) is 12.8. The van der Waals surface area contributed by atoms with E-state index in [-0.39, 0.29) is 6.42 Å². The minimum Gasteiger partial charge on any atom is -0.441 e. The second kappa shape index (κ2) is 5.44. The van der Waals surface area contributed by atoms with Gasteiger partial charge in [0.25, 0.3) is 0 Å². The summed E-state index contributed by atoms with van der Waals surface area (Å²) in [5.41, 5.74) is 2.09. The van der Waals surface area contributed by atoms with E-state index in [1.165, 1.54) is 0 Å². The molecule has 1 unspecified atom stereocenters. The van der Waals surface area contributed by atoms with Crippen LogP contribution in [0.25, 0.3) is 11.1 Å². The van der Waals surface area contributed by atoms with Crippen molar-refractivity contribution in [3.05, 3.63) is 64.0 Å². The van der Waals surface area contributed by atoms with Crippen LogP contribution in [0.3, 0.4) is 0 Å². The second-order valence-corrected chi connectivity index (χ2v) is 5.30. The molecule has 0 saturated carbocycles. The van der Waals surface area contributed by atoms with E-state index in [1.807, 2.05) is 24.3 Å². The number of aromatic nitrogens is 1. The van der Waals surface area contributed by atoms with Crippen molar-refractivity contribution in [1.29, 1.82) is 0 Å². The topological polar surface area (TPSA) is 46.3 Å². The third-order valence-electron chi connectivity index (χ3n) is 3.03. The molecule has 0 saturated heterocycles. The molecule has 0 bridgehead atoms. The molecule has 1 atom stereocenters. The van der Waals surface area contributed by atoms with E-state index in [1.54, 1.807) is 18.2 Å². The summed E-state index contributed by atoms with van der Waals surface area (Å²) in [4.78, 5) is 4.33. The van der Waals surface area contributed by atoms with Gasteiger partial charge in [-0.1, -0.05) is 41.4 Å². The van der Waals surface area contributed by atoms with Crippen LogP contribution in [0.1, 0.15) is 17.6 Å². The first kappa shape index (κ1) is 13.4. The highest BCUT2D eigenvalue weighted by Crippen LogP contribution is 2.28. The van der Waals surface area contributed by atoms with Crippen LogP contribution >= 0.6 is 23.2 Å². The molecule has 0 aliphatic rings. The van der Waals surface area contributed by atoms with Gasteiger partial charge in [-0.05, 0) is 29.8 Å². The van der Waals surface area contributed by atoms with E-state index < -0.39 is 6.10 Å². The van der Waals surface area contributed by atoms with Gasteiger partial charge in [0.15, 0.2) is 11.5 Å². The number of fused-ring (bicyclic) bond motifs is 1. The lowest BCUT2D eigenvalue weighted by atomic mass is 10.1. The highest BCUT2D eigenvalue weighted by molar-refractivity contribution is 6.35. The van der Waals surface area contributed by atoms with Crippen LogP contribution in [-0.4, -0.2) is 10.1 Å². The summed E-state index contributed by atoms with van der Waals surface area (Å²) in [6, 6.07) is 12.5. The Hall–Kier alpha value is -1.55. The predicted molar refractivity (Wildman–Crippen MR) is 79.1 cm³/mol. The van der Waals surface area contributed by atoms with Gasteiger partial charge in [-0.25, -0.2) is 4.98 Å². The quantitative estimate of drug-likeness (QED) is 0.779. The molecule has 2 aromatic carbocycles. The maximum Gasteiger partial charge on any atom is 0.198 e. The van der Waals surface area contributed by atoms with Crippen molar-refractivity contribution in [3.63, 3.8) is 0 Å². The summed E-state index contributed by atoms with van der Waals surface area (Å²) in [7, 11) is 0. The van der Waals surface area contributed by atoms with E-state index in [9.17, 15) is 5.11 Å². The number of rotatable bonds is 3. The van der Waals surface area contributed by atoms with Gasteiger partial charge in [0.05, 0.1) is 12.5 Å². The Morgan fingerprint density at radius 3 is 2.70 bits per heavy atom. The summed E-state index contributed by atoms with van der Waals surface area (Å²) in [6.45, 7) is 0. The van der Waals surface area contributed by atoms with Crippen LogP contribution in [0, 0.1) is 0 Å². The van der Waals surface area contributed by atoms with Gasteiger partial charge >= 0.3 is 0 Å². The molecule has 5 heteroatoms.